The van der Waals surface area contributed by atoms with Crippen LogP contribution in [0.25, 0.3) is 10.9 Å². The second-order valence-corrected chi connectivity index (χ2v) is 9.96. The quantitative estimate of drug-likeness (QED) is 0.524. The largest absolute Gasteiger partial charge is 0.497 e. The molecule has 7 heteroatoms. The van der Waals surface area contributed by atoms with E-state index in [-0.39, 0.29) is 36.8 Å². The van der Waals surface area contributed by atoms with E-state index in [1.165, 1.54) is 18.9 Å². The number of aromatic nitrogens is 1. The Morgan fingerprint density at radius 3 is 2.57 bits per heavy atom. The van der Waals surface area contributed by atoms with Crippen LogP contribution in [-0.4, -0.2) is 40.0 Å². The summed E-state index contributed by atoms with van der Waals surface area (Å²) >= 11 is 0. The zero-order valence-electron chi connectivity index (χ0n) is 20.4. The Kier molecular flexibility index (Phi) is 6.26. The molecule has 1 aromatic heterocycles. The number of ether oxygens (including phenoxy) is 1. The van der Waals surface area contributed by atoms with Crippen LogP contribution in [0.5, 0.6) is 5.75 Å². The van der Waals surface area contributed by atoms with Gasteiger partial charge in [-0.05, 0) is 44.0 Å². The molecule has 1 aliphatic heterocycles. The van der Waals surface area contributed by atoms with Gasteiger partial charge in [0.2, 0.25) is 5.91 Å². The average molecular weight is 478 g/mol. The van der Waals surface area contributed by atoms with E-state index in [0.717, 1.165) is 36.6 Å². The van der Waals surface area contributed by atoms with Crippen LogP contribution in [0.1, 0.15) is 61.5 Å². The molecule has 0 radical (unpaired) electrons. The van der Waals surface area contributed by atoms with Crippen LogP contribution in [0.2, 0.25) is 0 Å². The van der Waals surface area contributed by atoms with Gasteiger partial charge in [-0.3, -0.25) is 9.59 Å². The number of hydrogen-bond acceptors (Lipinski definition) is 3. The number of carbonyl (C=O) groups excluding carboxylic acids is 2. The average Bonchev–Trinajstić information content (AvgIpc) is 3.01. The van der Waals surface area contributed by atoms with Crippen LogP contribution in [0, 0.1) is 5.82 Å². The molecule has 2 heterocycles. The summed E-state index contributed by atoms with van der Waals surface area (Å²) in [7, 11) is 1.60. The highest BCUT2D eigenvalue weighted by Crippen LogP contribution is 2.35. The SMILES string of the molecule is COc1ccc2cc3n(c2c1)CC(C)(C(=O)NC1CCCCCC1)N(Cc1ccccc1F)C3=O. The van der Waals surface area contributed by atoms with Crippen LogP contribution in [0.4, 0.5) is 4.39 Å². The molecule has 0 spiro atoms. The van der Waals surface area contributed by atoms with Gasteiger partial charge in [-0.15, -0.1) is 0 Å². The van der Waals surface area contributed by atoms with Crippen molar-refractivity contribution < 1.29 is 18.7 Å². The van der Waals surface area contributed by atoms with Gasteiger partial charge < -0.3 is 19.5 Å². The number of halogens is 1. The molecule has 2 aliphatic rings. The zero-order valence-corrected chi connectivity index (χ0v) is 20.4. The van der Waals surface area contributed by atoms with E-state index in [0.29, 0.717) is 17.0 Å². The molecule has 35 heavy (non-hydrogen) atoms. The second-order valence-electron chi connectivity index (χ2n) is 9.96. The molecule has 2 amide bonds. The summed E-state index contributed by atoms with van der Waals surface area (Å²) < 4.78 is 21.9. The van der Waals surface area contributed by atoms with E-state index in [9.17, 15) is 14.0 Å². The maximum atomic E-state index is 14.6. The Labute approximate surface area is 205 Å². The lowest BCUT2D eigenvalue weighted by molar-refractivity contribution is -0.134. The van der Waals surface area contributed by atoms with Gasteiger partial charge in [0.05, 0.1) is 25.7 Å². The lowest BCUT2D eigenvalue weighted by Crippen LogP contribution is -2.64. The summed E-state index contributed by atoms with van der Waals surface area (Å²) in [6.45, 7) is 2.09. The Balaban J connectivity index is 1.56. The van der Waals surface area contributed by atoms with E-state index in [4.69, 9.17) is 4.74 Å². The molecule has 6 nitrogen and oxygen atoms in total. The highest BCUT2D eigenvalue weighted by atomic mass is 19.1. The molecule has 1 saturated carbocycles. The smallest absolute Gasteiger partial charge is 0.271 e. The standard InChI is InChI=1S/C28H32FN3O3/c1-28(27(34)30-21-10-5-3-4-6-11-21)18-31-24-16-22(35-2)14-13-19(24)15-25(31)26(33)32(28)17-20-9-7-8-12-23(20)29/h7-9,12-16,21H,3-6,10-11,17-18H2,1-2H3,(H,30,34). The van der Waals surface area contributed by atoms with Crippen molar-refractivity contribution >= 4 is 22.7 Å². The summed E-state index contributed by atoms with van der Waals surface area (Å²) in [4.78, 5) is 29.3. The molecule has 2 aromatic carbocycles. The van der Waals surface area contributed by atoms with Crippen LogP contribution < -0.4 is 10.1 Å². The first-order valence-electron chi connectivity index (χ1n) is 12.4. The fourth-order valence-corrected chi connectivity index (χ4v) is 5.47. The van der Waals surface area contributed by atoms with Gasteiger partial charge in [-0.25, -0.2) is 4.39 Å². The van der Waals surface area contributed by atoms with Crippen molar-refractivity contribution in [1.82, 2.24) is 14.8 Å². The van der Waals surface area contributed by atoms with E-state index < -0.39 is 5.54 Å². The van der Waals surface area contributed by atoms with E-state index in [1.54, 1.807) is 37.1 Å². The van der Waals surface area contributed by atoms with E-state index in [2.05, 4.69) is 5.32 Å². The number of nitrogens with one attached hydrogen (secondary N) is 1. The normalized spacial score (nSPS) is 21.0. The first kappa shape index (κ1) is 23.4. The molecule has 1 atom stereocenters. The Hall–Kier alpha value is -3.35. The molecule has 1 N–H and O–H groups in total. The molecule has 1 aliphatic carbocycles. The Morgan fingerprint density at radius 2 is 1.86 bits per heavy atom. The molecule has 0 saturated heterocycles. The van der Waals surface area contributed by atoms with Gasteiger partial charge in [0.25, 0.3) is 5.91 Å². The monoisotopic (exact) mass is 477 g/mol. The second kappa shape index (κ2) is 9.36. The van der Waals surface area contributed by atoms with Crippen molar-refractivity contribution in [1.29, 1.82) is 0 Å². The lowest BCUT2D eigenvalue weighted by Gasteiger charge is -2.44. The third-order valence-corrected chi connectivity index (χ3v) is 7.60. The summed E-state index contributed by atoms with van der Waals surface area (Å²) in [5, 5.41) is 4.15. The summed E-state index contributed by atoms with van der Waals surface area (Å²) in [5.41, 5.74) is 0.532. The van der Waals surface area contributed by atoms with Crippen LogP contribution >= 0.6 is 0 Å². The minimum atomic E-state index is -1.19. The number of carbonyl (C=O) groups is 2. The Morgan fingerprint density at radius 1 is 1.11 bits per heavy atom. The number of benzene rings is 2. The highest BCUT2D eigenvalue weighted by Gasteiger charge is 2.48. The predicted molar refractivity (Wildman–Crippen MR) is 133 cm³/mol. The van der Waals surface area contributed by atoms with E-state index >= 15 is 0 Å². The van der Waals surface area contributed by atoms with Crippen LogP contribution in [-0.2, 0) is 17.9 Å². The molecule has 184 valence electrons. The minimum absolute atomic E-state index is 0.0188. The maximum absolute atomic E-state index is 14.6. The summed E-state index contributed by atoms with van der Waals surface area (Å²) in [5.74, 6) is -0.176. The fourth-order valence-electron chi connectivity index (χ4n) is 5.47. The summed E-state index contributed by atoms with van der Waals surface area (Å²) in [6, 6.07) is 14.0. The van der Waals surface area contributed by atoms with Crippen molar-refractivity contribution in [3.05, 3.63) is 65.6 Å². The number of rotatable bonds is 5. The van der Waals surface area contributed by atoms with Gasteiger partial charge >= 0.3 is 0 Å². The summed E-state index contributed by atoms with van der Waals surface area (Å²) in [6.07, 6.45) is 6.43. The molecule has 3 aromatic rings. The third-order valence-electron chi connectivity index (χ3n) is 7.60. The number of nitrogens with zero attached hydrogens (tertiary/aromatic N) is 2. The Bertz CT molecular complexity index is 1260. The topological polar surface area (TPSA) is 63.6 Å². The van der Waals surface area contributed by atoms with Crippen molar-refractivity contribution in [2.24, 2.45) is 0 Å². The van der Waals surface area contributed by atoms with Crippen molar-refractivity contribution in [2.75, 3.05) is 7.11 Å². The predicted octanol–water partition coefficient (Wildman–Crippen LogP) is 5.04. The first-order chi connectivity index (χ1) is 16.9. The number of hydrogen-bond donors (Lipinski definition) is 1. The number of fused-ring (bicyclic) bond motifs is 3. The zero-order chi connectivity index (χ0) is 24.6. The van der Waals surface area contributed by atoms with Crippen molar-refractivity contribution in [2.45, 2.75) is 70.1 Å². The van der Waals surface area contributed by atoms with Gasteiger partial charge in [0.15, 0.2) is 0 Å². The maximum Gasteiger partial charge on any atom is 0.271 e. The van der Waals surface area contributed by atoms with Crippen LogP contribution in [0.15, 0.2) is 48.5 Å². The van der Waals surface area contributed by atoms with Gasteiger partial charge in [0, 0.05) is 23.1 Å². The van der Waals surface area contributed by atoms with Crippen molar-refractivity contribution in [3.63, 3.8) is 0 Å². The number of methoxy groups -OCH3 is 1. The number of amides is 2. The minimum Gasteiger partial charge on any atom is -0.497 e. The molecule has 0 bridgehead atoms. The molecular formula is C28H32FN3O3. The molecular weight excluding hydrogens is 445 g/mol. The third kappa shape index (κ3) is 4.28. The molecule has 1 unspecified atom stereocenters. The molecule has 1 fully saturated rings. The lowest BCUT2D eigenvalue weighted by atomic mass is 9.93. The van der Waals surface area contributed by atoms with Crippen molar-refractivity contribution in [3.8, 4) is 5.75 Å². The van der Waals surface area contributed by atoms with Crippen LogP contribution in [0.3, 0.4) is 0 Å². The van der Waals surface area contributed by atoms with E-state index in [1.807, 2.05) is 28.8 Å². The first-order valence-corrected chi connectivity index (χ1v) is 12.4. The van der Waals surface area contributed by atoms with Gasteiger partial charge in [0.1, 0.15) is 22.8 Å². The van der Waals surface area contributed by atoms with Gasteiger partial charge in [-0.2, -0.15) is 0 Å². The van der Waals surface area contributed by atoms with Gasteiger partial charge in [-0.1, -0.05) is 43.9 Å². The fraction of sp³-hybridized carbons (Fsp3) is 0.429. The highest BCUT2D eigenvalue weighted by molar-refractivity contribution is 6.03. The molecule has 5 rings (SSSR count).